The average molecular weight is 303 g/mol. The SMILES string of the molecule is CCOC(=O)C(O)C(O)c1ccc(Cl)c(CC(=O)O)c1. The first-order valence-corrected chi connectivity index (χ1v) is 6.27. The highest BCUT2D eigenvalue weighted by atomic mass is 35.5. The zero-order valence-corrected chi connectivity index (χ0v) is 11.5. The van der Waals surface area contributed by atoms with Crippen molar-refractivity contribution in [3.63, 3.8) is 0 Å². The topological polar surface area (TPSA) is 104 Å². The van der Waals surface area contributed by atoms with Crippen molar-refractivity contribution < 1.29 is 29.6 Å². The molecule has 1 aromatic carbocycles. The predicted molar refractivity (Wildman–Crippen MR) is 70.4 cm³/mol. The lowest BCUT2D eigenvalue weighted by Crippen LogP contribution is -2.30. The first kappa shape index (κ1) is 16.4. The highest BCUT2D eigenvalue weighted by Crippen LogP contribution is 2.24. The fourth-order valence-corrected chi connectivity index (χ4v) is 1.80. The van der Waals surface area contributed by atoms with E-state index in [1.807, 2.05) is 0 Å². The molecule has 0 saturated heterocycles. The van der Waals surface area contributed by atoms with Crippen LogP contribution in [0.3, 0.4) is 0 Å². The lowest BCUT2D eigenvalue weighted by Gasteiger charge is -2.17. The second-order valence-electron chi connectivity index (χ2n) is 4.06. The molecule has 110 valence electrons. The molecule has 3 N–H and O–H groups in total. The second-order valence-corrected chi connectivity index (χ2v) is 4.47. The Morgan fingerprint density at radius 3 is 2.55 bits per heavy atom. The fourth-order valence-electron chi connectivity index (χ4n) is 1.62. The molecule has 0 aliphatic rings. The predicted octanol–water partition coefficient (Wildman–Crippen LogP) is 0.925. The molecule has 0 aliphatic carbocycles. The Bertz CT molecular complexity index is 502. The third-order valence-electron chi connectivity index (χ3n) is 2.58. The van der Waals surface area contributed by atoms with E-state index in [9.17, 15) is 19.8 Å². The van der Waals surface area contributed by atoms with Crippen LogP contribution in [0.5, 0.6) is 0 Å². The summed E-state index contributed by atoms with van der Waals surface area (Å²) in [4.78, 5) is 22.0. The van der Waals surface area contributed by atoms with Gasteiger partial charge in [-0.1, -0.05) is 23.7 Å². The molecule has 7 heteroatoms. The van der Waals surface area contributed by atoms with Crippen LogP contribution in [0.2, 0.25) is 5.02 Å². The number of carboxylic acids is 1. The third kappa shape index (κ3) is 4.19. The summed E-state index contributed by atoms with van der Waals surface area (Å²) in [7, 11) is 0. The molecule has 0 bridgehead atoms. The van der Waals surface area contributed by atoms with Crippen LogP contribution in [-0.2, 0) is 20.7 Å². The zero-order valence-electron chi connectivity index (χ0n) is 10.7. The third-order valence-corrected chi connectivity index (χ3v) is 2.95. The molecule has 20 heavy (non-hydrogen) atoms. The molecule has 0 heterocycles. The van der Waals surface area contributed by atoms with Gasteiger partial charge in [0.05, 0.1) is 13.0 Å². The van der Waals surface area contributed by atoms with Gasteiger partial charge in [-0.3, -0.25) is 4.79 Å². The van der Waals surface area contributed by atoms with Crippen molar-refractivity contribution in [3.8, 4) is 0 Å². The molecule has 0 spiro atoms. The van der Waals surface area contributed by atoms with E-state index in [0.29, 0.717) is 0 Å². The Labute approximate surface area is 120 Å². The van der Waals surface area contributed by atoms with Gasteiger partial charge in [-0.05, 0) is 24.1 Å². The standard InChI is InChI=1S/C13H15ClO6/c1-2-20-13(19)12(18)11(17)7-3-4-9(14)8(5-7)6-10(15)16/h3-5,11-12,17-18H,2,6H2,1H3,(H,15,16). The van der Waals surface area contributed by atoms with Gasteiger partial charge < -0.3 is 20.1 Å². The van der Waals surface area contributed by atoms with Crippen LogP contribution < -0.4 is 0 Å². The van der Waals surface area contributed by atoms with E-state index in [0.717, 1.165) is 0 Å². The molecular weight excluding hydrogens is 288 g/mol. The van der Waals surface area contributed by atoms with Gasteiger partial charge in [0, 0.05) is 5.02 Å². The molecule has 1 aromatic rings. The number of benzene rings is 1. The summed E-state index contributed by atoms with van der Waals surface area (Å²) < 4.78 is 4.60. The number of carbonyl (C=O) groups is 2. The first-order valence-electron chi connectivity index (χ1n) is 5.89. The van der Waals surface area contributed by atoms with E-state index in [2.05, 4.69) is 4.74 Å². The van der Waals surface area contributed by atoms with Crippen molar-refractivity contribution in [2.75, 3.05) is 6.61 Å². The number of halogens is 1. The van der Waals surface area contributed by atoms with E-state index in [4.69, 9.17) is 16.7 Å². The first-order chi connectivity index (χ1) is 9.36. The van der Waals surface area contributed by atoms with Crippen molar-refractivity contribution >= 4 is 23.5 Å². The molecular formula is C13H15ClO6. The minimum Gasteiger partial charge on any atom is -0.481 e. The zero-order chi connectivity index (χ0) is 15.3. The van der Waals surface area contributed by atoms with Gasteiger partial charge in [-0.15, -0.1) is 0 Å². The van der Waals surface area contributed by atoms with Crippen LogP contribution in [0.4, 0.5) is 0 Å². The Morgan fingerprint density at radius 1 is 1.35 bits per heavy atom. The second kappa shape index (κ2) is 7.23. The average Bonchev–Trinajstić information content (AvgIpc) is 2.39. The van der Waals surface area contributed by atoms with Gasteiger partial charge in [-0.25, -0.2) is 4.79 Å². The van der Waals surface area contributed by atoms with Crippen molar-refractivity contribution in [1.82, 2.24) is 0 Å². The lowest BCUT2D eigenvalue weighted by atomic mass is 10.0. The molecule has 2 atom stereocenters. The molecule has 0 radical (unpaired) electrons. The van der Waals surface area contributed by atoms with Gasteiger partial charge in [0.15, 0.2) is 6.10 Å². The number of aliphatic hydroxyl groups excluding tert-OH is 2. The van der Waals surface area contributed by atoms with E-state index in [1.165, 1.54) is 18.2 Å². The number of hydrogen-bond donors (Lipinski definition) is 3. The summed E-state index contributed by atoms with van der Waals surface area (Å²) in [5, 5.41) is 28.5. The monoisotopic (exact) mass is 302 g/mol. The lowest BCUT2D eigenvalue weighted by molar-refractivity contribution is -0.159. The van der Waals surface area contributed by atoms with Crippen molar-refractivity contribution in [1.29, 1.82) is 0 Å². The van der Waals surface area contributed by atoms with Crippen LogP contribution in [-0.4, -0.2) is 40.0 Å². The highest BCUT2D eigenvalue weighted by molar-refractivity contribution is 6.31. The number of aliphatic carboxylic acids is 1. The molecule has 6 nitrogen and oxygen atoms in total. The van der Waals surface area contributed by atoms with Crippen LogP contribution >= 0.6 is 11.6 Å². The maximum absolute atomic E-state index is 11.3. The van der Waals surface area contributed by atoms with Crippen LogP contribution in [0.15, 0.2) is 18.2 Å². The number of esters is 1. The number of aliphatic hydroxyl groups is 2. The highest BCUT2D eigenvalue weighted by Gasteiger charge is 2.27. The summed E-state index contributed by atoms with van der Waals surface area (Å²) in [6.07, 6.45) is -3.58. The van der Waals surface area contributed by atoms with Crippen LogP contribution in [0.25, 0.3) is 0 Å². The molecule has 0 aliphatic heterocycles. The van der Waals surface area contributed by atoms with Crippen LogP contribution in [0, 0.1) is 0 Å². The van der Waals surface area contributed by atoms with Crippen molar-refractivity contribution in [2.45, 2.75) is 25.6 Å². The summed E-state index contributed by atoms with van der Waals surface area (Å²) >= 11 is 5.84. The fraction of sp³-hybridized carbons (Fsp3) is 0.385. The molecule has 0 fully saturated rings. The maximum Gasteiger partial charge on any atom is 0.338 e. The maximum atomic E-state index is 11.3. The van der Waals surface area contributed by atoms with E-state index in [1.54, 1.807) is 6.92 Å². The molecule has 0 aromatic heterocycles. The van der Waals surface area contributed by atoms with Gasteiger partial charge >= 0.3 is 11.9 Å². The quantitative estimate of drug-likeness (QED) is 0.675. The Balaban J connectivity index is 2.95. The normalized spacial score (nSPS) is 13.6. The van der Waals surface area contributed by atoms with Gasteiger partial charge in [0.2, 0.25) is 0 Å². The molecule has 1 rings (SSSR count). The largest absolute Gasteiger partial charge is 0.481 e. The Morgan fingerprint density at radius 2 is 2.00 bits per heavy atom. The smallest absolute Gasteiger partial charge is 0.338 e. The molecule has 0 saturated carbocycles. The summed E-state index contributed by atoms with van der Waals surface area (Å²) in [6.45, 7) is 1.65. The van der Waals surface area contributed by atoms with Gasteiger partial charge in [0.1, 0.15) is 6.10 Å². The minimum atomic E-state index is -1.74. The number of ether oxygens (including phenoxy) is 1. The van der Waals surface area contributed by atoms with Crippen LogP contribution in [0.1, 0.15) is 24.2 Å². The number of hydrogen-bond acceptors (Lipinski definition) is 5. The number of rotatable bonds is 6. The molecule has 2 unspecified atom stereocenters. The summed E-state index contributed by atoms with van der Waals surface area (Å²) in [5.74, 6) is -2.03. The summed E-state index contributed by atoms with van der Waals surface area (Å²) in [6, 6.07) is 4.14. The van der Waals surface area contributed by atoms with E-state index >= 15 is 0 Å². The Kier molecular flexibility index (Phi) is 5.94. The number of carbonyl (C=O) groups excluding carboxylic acids is 1. The van der Waals surface area contributed by atoms with E-state index in [-0.39, 0.29) is 29.2 Å². The van der Waals surface area contributed by atoms with Crippen molar-refractivity contribution in [3.05, 3.63) is 34.3 Å². The summed E-state index contributed by atoms with van der Waals surface area (Å²) in [5.41, 5.74) is 0.470. The minimum absolute atomic E-state index is 0.0769. The van der Waals surface area contributed by atoms with Gasteiger partial charge in [0.25, 0.3) is 0 Å². The Hall–Kier alpha value is -1.63. The van der Waals surface area contributed by atoms with Gasteiger partial charge in [-0.2, -0.15) is 0 Å². The number of carboxylic acid groups (broad SMARTS) is 1. The van der Waals surface area contributed by atoms with E-state index < -0.39 is 24.1 Å². The van der Waals surface area contributed by atoms with Crippen molar-refractivity contribution in [2.24, 2.45) is 0 Å². The molecule has 0 amide bonds.